The van der Waals surface area contributed by atoms with Gasteiger partial charge in [-0.1, -0.05) is 18.2 Å². The van der Waals surface area contributed by atoms with Crippen LogP contribution in [0.3, 0.4) is 0 Å². The van der Waals surface area contributed by atoms with Crippen LogP contribution in [0.15, 0.2) is 30.3 Å². The van der Waals surface area contributed by atoms with Gasteiger partial charge in [-0.3, -0.25) is 4.79 Å². The number of carbonyl (C=O) groups is 1. The summed E-state index contributed by atoms with van der Waals surface area (Å²) >= 11 is 0. The maximum Gasteiger partial charge on any atom is 0.232 e. The maximum absolute atomic E-state index is 12.7. The Morgan fingerprint density at radius 1 is 1.29 bits per heavy atom. The van der Waals surface area contributed by atoms with Crippen LogP contribution in [0.2, 0.25) is 0 Å². The zero-order chi connectivity index (χ0) is 14.9. The van der Waals surface area contributed by atoms with E-state index in [1.807, 2.05) is 30.3 Å². The largest absolute Gasteiger partial charge is 0.387 e. The van der Waals surface area contributed by atoms with Crippen LogP contribution in [0.4, 0.5) is 5.69 Å². The van der Waals surface area contributed by atoms with Crippen molar-refractivity contribution >= 4 is 11.6 Å². The van der Waals surface area contributed by atoms with Gasteiger partial charge in [0, 0.05) is 12.2 Å². The molecule has 2 heterocycles. The van der Waals surface area contributed by atoms with Gasteiger partial charge in [0.1, 0.15) is 6.10 Å². The Balaban J connectivity index is 1.79. The standard InChI is InChI=1S/C16H21NO4/c1-16(20-10-11-21-16)14(18)13-8-5-9-17(15(13)19)12-6-3-2-4-7-12/h2-4,6-7,13-14,18H,5,8-11H2,1H3/t13-,14+/m1/s1. The second-order valence-corrected chi connectivity index (χ2v) is 5.73. The monoisotopic (exact) mass is 291 g/mol. The van der Waals surface area contributed by atoms with E-state index in [1.165, 1.54) is 0 Å². The number of aliphatic hydroxyl groups is 1. The summed E-state index contributed by atoms with van der Waals surface area (Å²) in [7, 11) is 0. The molecule has 2 atom stereocenters. The number of nitrogens with zero attached hydrogens (tertiary/aromatic N) is 1. The van der Waals surface area contributed by atoms with Gasteiger partial charge >= 0.3 is 0 Å². The molecule has 2 fully saturated rings. The minimum Gasteiger partial charge on any atom is -0.387 e. The number of hydrogen-bond acceptors (Lipinski definition) is 4. The number of benzene rings is 1. The fraction of sp³-hybridized carbons (Fsp3) is 0.562. The Morgan fingerprint density at radius 3 is 2.62 bits per heavy atom. The zero-order valence-electron chi connectivity index (χ0n) is 12.2. The number of carbonyl (C=O) groups excluding carboxylic acids is 1. The average molecular weight is 291 g/mol. The highest BCUT2D eigenvalue weighted by atomic mass is 16.7. The molecule has 2 saturated heterocycles. The molecule has 21 heavy (non-hydrogen) atoms. The highest BCUT2D eigenvalue weighted by molar-refractivity contribution is 5.96. The van der Waals surface area contributed by atoms with Crippen molar-refractivity contribution in [3.63, 3.8) is 0 Å². The number of para-hydroxylation sites is 1. The SMILES string of the molecule is CC1([C@@H](O)[C@H]2CCCN(c3ccccc3)C2=O)OCCO1. The van der Waals surface area contributed by atoms with Gasteiger partial charge in [0.2, 0.25) is 5.91 Å². The Kier molecular flexibility index (Phi) is 3.97. The number of anilines is 1. The molecule has 0 saturated carbocycles. The first kappa shape index (κ1) is 14.5. The number of hydrogen-bond donors (Lipinski definition) is 1. The van der Waals surface area contributed by atoms with E-state index < -0.39 is 17.8 Å². The topological polar surface area (TPSA) is 59.0 Å². The molecule has 0 aromatic heterocycles. The second-order valence-electron chi connectivity index (χ2n) is 5.73. The van der Waals surface area contributed by atoms with E-state index in [-0.39, 0.29) is 5.91 Å². The number of amides is 1. The first-order chi connectivity index (χ1) is 10.1. The van der Waals surface area contributed by atoms with Crippen LogP contribution in [0.25, 0.3) is 0 Å². The van der Waals surface area contributed by atoms with Crippen molar-refractivity contribution in [1.82, 2.24) is 0 Å². The molecule has 1 aromatic carbocycles. The molecule has 2 aliphatic rings. The predicted octanol–water partition coefficient (Wildman–Crippen LogP) is 1.55. The Labute approximate surface area is 124 Å². The van der Waals surface area contributed by atoms with Gasteiger partial charge in [0.25, 0.3) is 0 Å². The summed E-state index contributed by atoms with van der Waals surface area (Å²) in [6, 6.07) is 9.57. The van der Waals surface area contributed by atoms with Crippen molar-refractivity contribution < 1.29 is 19.4 Å². The zero-order valence-corrected chi connectivity index (χ0v) is 12.2. The summed E-state index contributed by atoms with van der Waals surface area (Å²) < 4.78 is 11.0. The summed E-state index contributed by atoms with van der Waals surface area (Å²) in [4.78, 5) is 14.5. The maximum atomic E-state index is 12.7. The van der Waals surface area contributed by atoms with E-state index in [9.17, 15) is 9.90 Å². The van der Waals surface area contributed by atoms with Crippen LogP contribution in [0.1, 0.15) is 19.8 Å². The van der Waals surface area contributed by atoms with Crippen molar-refractivity contribution in [3.8, 4) is 0 Å². The molecule has 5 nitrogen and oxygen atoms in total. The smallest absolute Gasteiger partial charge is 0.232 e. The first-order valence-corrected chi connectivity index (χ1v) is 7.44. The van der Waals surface area contributed by atoms with Crippen LogP contribution in [-0.2, 0) is 14.3 Å². The highest BCUT2D eigenvalue weighted by Crippen LogP contribution is 2.33. The Bertz CT molecular complexity index is 498. The number of aliphatic hydroxyl groups excluding tert-OH is 1. The van der Waals surface area contributed by atoms with Gasteiger partial charge in [0.15, 0.2) is 5.79 Å². The third-order valence-corrected chi connectivity index (χ3v) is 4.33. The van der Waals surface area contributed by atoms with E-state index in [0.717, 1.165) is 12.1 Å². The van der Waals surface area contributed by atoms with Crippen LogP contribution >= 0.6 is 0 Å². The van der Waals surface area contributed by atoms with Crippen LogP contribution in [0, 0.1) is 5.92 Å². The third kappa shape index (κ3) is 2.69. The molecule has 0 radical (unpaired) electrons. The van der Waals surface area contributed by atoms with Crippen molar-refractivity contribution in [1.29, 1.82) is 0 Å². The lowest BCUT2D eigenvalue weighted by atomic mass is 9.87. The molecule has 3 rings (SSSR count). The highest BCUT2D eigenvalue weighted by Gasteiger charge is 2.47. The average Bonchev–Trinajstić information content (AvgIpc) is 2.96. The molecule has 5 heteroatoms. The van der Waals surface area contributed by atoms with Gasteiger partial charge < -0.3 is 19.5 Å². The van der Waals surface area contributed by atoms with E-state index in [1.54, 1.807) is 11.8 Å². The molecule has 0 spiro atoms. The fourth-order valence-corrected chi connectivity index (χ4v) is 3.13. The first-order valence-electron chi connectivity index (χ1n) is 7.44. The Morgan fingerprint density at radius 2 is 1.95 bits per heavy atom. The van der Waals surface area contributed by atoms with Crippen molar-refractivity contribution in [3.05, 3.63) is 30.3 Å². The molecule has 0 bridgehead atoms. The van der Waals surface area contributed by atoms with Crippen LogP contribution < -0.4 is 4.90 Å². The molecule has 0 unspecified atom stereocenters. The lowest BCUT2D eigenvalue weighted by Gasteiger charge is -2.39. The second kappa shape index (κ2) is 5.75. The molecule has 114 valence electrons. The fourth-order valence-electron chi connectivity index (χ4n) is 3.13. The van der Waals surface area contributed by atoms with E-state index in [2.05, 4.69) is 0 Å². The molecule has 2 aliphatic heterocycles. The van der Waals surface area contributed by atoms with E-state index in [4.69, 9.17) is 9.47 Å². The van der Waals surface area contributed by atoms with Crippen LogP contribution in [0.5, 0.6) is 0 Å². The quantitative estimate of drug-likeness (QED) is 0.918. The number of piperidine rings is 1. The third-order valence-electron chi connectivity index (χ3n) is 4.33. The minimum absolute atomic E-state index is 0.0553. The molecule has 1 N–H and O–H groups in total. The summed E-state index contributed by atoms with van der Waals surface area (Å²) in [5.41, 5.74) is 0.873. The normalized spacial score (nSPS) is 26.9. The lowest BCUT2D eigenvalue weighted by Crippen LogP contribution is -2.53. The summed E-state index contributed by atoms with van der Waals surface area (Å²) in [6.07, 6.45) is 0.573. The summed E-state index contributed by atoms with van der Waals surface area (Å²) in [5.74, 6) is -1.61. The molecule has 0 aliphatic carbocycles. The predicted molar refractivity (Wildman–Crippen MR) is 77.8 cm³/mol. The summed E-state index contributed by atoms with van der Waals surface area (Å²) in [6.45, 7) is 3.30. The van der Waals surface area contributed by atoms with Crippen LogP contribution in [-0.4, -0.2) is 42.7 Å². The molecule has 1 amide bonds. The molecular weight excluding hydrogens is 270 g/mol. The number of rotatable bonds is 3. The van der Waals surface area contributed by atoms with E-state index in [0.29, 0.717) is 26.2 Å². The van der Waals surface area contributed by atoms with Crippen molar-refractivity contribution in [2.45, 2.75) is 31.7 Å². The molecular formula is C16H21NO4. The number of ether oxygens (including phenoxy) is 2. The lowest BCUT2D eigenvalue weighted by molar-refractivity contribution is -0.221. The van der Waals surface area contributed by atoms with Gasteiger partial charge in [-0.2, -0.15) is 0 Å². The minimum atomic E-state index is -1.07. The van der Waals surface area contributed by atoms with Crippen molar-refractivity contribution in [2.75, 3.05) is 24.7 Å². The van der Waals surface area contributed by atoms with Crippen molar-refractivity contribution in [2.24, 2.45) is 5.92 Å². The molecule has 1 aromatic rings. The van der Waals surface area contributed by atoms with Gasteiger partial charge in [-0.25, -0.2) is 0 Å². The van der Waals surface area contributed by atoms with Gasteiger partial charge in [-0.15, -0.1) is 0 Å². The van der Waals surface area contributed by atoms with Gasteiger partial charge in [-0.05, 0) is 31.9 Å². The summed E-state index contributed by atoms with van der Waals surface area (Å²) in [5, 5.41) is 10.6. The van der Waals surface area contributed by atoms with Gasteiger partial charge in [0.05, 0.1) is 19.1 Å². The van der Waals surface area contributed by atoms with E-state index >= 15 is 0 Å². The Hall–Kier alpha value is -1.43.